The Hall–Kier alpha value is -2.51. The summed E-state index contributed by atoms with van der Waals surface area (Å²) in [5.41, 5.74) is 0.515. The van der Waals surface area contributed by atoms with Crippen LogP contribution in [0.15, 0.2) is 36.7 Å². The van der Waals surface area contributed by atoms with E-state index in [0.717, 1.165) is 36.6 Å². The van der Waals surface area contributed by atoms with Gasteiger partial charge < -0.3 is 15.1 Å². The van der Waals surface area contributed by atoms with Crippen molar-refractivity contribution in [2.45, 2.75) is 63.0 Å². The number of likely N-dealkylation sites (tertiary alicyclic amines) is 2. The van der Waals surface area contributed by atoms with Crippen molar-refractivity contribution in [3.8, 4) is 5.75 Å². The number of aromatic nitrogens is 2. The van der Waals surface area contributed by atoms with E-state index < -0.39 is 11.0 Å². The maximum atomic E-state index is 13.2. The van der Waals surface area contributed by atoms with Crippen LogP contribution in [0.4, 0.5) is 0 Å². The van der Waals surface area contributed by atoms with Crippen LogP contribution < -0.4 is 0 Å². The third-order valence-corrected chi connectivity index (χ3v) is 8.44. The summed E-state index contributed by atoms with van der Waals surface area (Å²) in [5.74, 6) is 0.962. The monoisotopic (exact) mass is 450 g/mol. The van der Waals surface area contributed by atoms with E-state index in [1.165, 1.54) is 12.8 Å². The molecular formula is C26H34N4O3. The molecule has 1 saturated carbocycles. The minimum absolute atomic E-state index is 0.0448. The number of phenols is 1. The van der Waals surface area contributed by atoms with Crippen LogP contribution in [0.2, 0.25) is 0 Å². The smallest absolute Gasteiger partial charge is 0.291 e. The summed E-state index contributed by atoms with van der Waals surface area (Å²) in [6.07, 6.45) is 7.63. The summed E-state index contributed by atoms with van der Waals surface area (Å²) in [6.45, 7) is 7.10. The van der Waals surface area contributed by atoms with Crippen molar-refractivity contribution in [2.75, 3.05) is 26.2 Å². The predicted molar refractivity (Wildman–Crippen MR) is 125 cm³/mol. The van der Waals surface area contributed by atoms with E-state index in [2.05, 4.69) is 28.7 Å². The Kier molecular flexibility index (Phi) is 5.65. The number of rotatable bonds is 4. The number of hydrogen-bond acceptors (Lipinski definition) is 6. The molecule has 1 amide bonds. The number of carbonyl (C=O) groups excluding carboxylic acids is 1. The molecule has 0 bridgehead atoms. The molecule has 0 radical (unpaired) electrons. The fourth-order valence-corrected chi connectivity index (χ4v) is 6.24. The molecule has 5 rings (SSSR count). The van der Waals surface area contributed by atoms with Gasteiger partial charge in [0.1, 0.15) is 5.75 Å². The topological polar surface area (TPSA) is 89.8 Å². The molecule has 1 aromatic carbocycles. The minimum Gasteiger partial charge on any atom is -0.508 e. The maximum absolute atomic E-state index is 13.2. The Labute approximate surface area is 195 Å². The molecule has 3 aliphatic rings. The zero-order chi connectivity index (χ0) is 23.2. The highest BCUT2D eigenvalue weighted by Crippen LogP contribution is 2.53. The summed E-state index contributed by atoms with van der Waals surface area (Å²) < 4.78 is 0. The van der Waals surface area contributed by atoms with Crippen molar-refractivity contribution in [1.82, 2.24) is 19.8 Å². The number of hydrogen-bond donors (Lipinski definition) is 2. The van der Waals surface area contributed by atoms with Crippen molar-refractivity contribution in [1.29, 1.82) is 0 Å². The van der Waals surface area contributed by atoms with E-state index in [-0.39, 0.29) is 23.5 Å². The van der Waals surface area contributed by atoms with Gasteiger partial charge in [0.15, 0.2) is 0 Å². The number of benzene rings is 1. The van der Waals surface area contributed by atoms with Crippen LogP contribution in [0.1, 0.15) is 60.8 Å². The molecule has 2 aromatic rings. The second-order valence-electron chi connectivity index (χ2n) is 10.2. The van der Waals surface area contributed by atoms with Gasteiger partial charge in [-0.1, -0.05) is 6.07 Å². The SMILES string of the molecule is Cc1ccc(O)cc1C12CCN(C(=O)c3ncccn3)CCC1(O)C(C)N(CC1CC1)CC2. The maximum Gasteiger partial charge on any atom is 0.291 e. The van der Waals surface area contributed by atoms with Gasteiger partial charge in [0.2, 0.25) is 5.82 Å². The highest BCUT2D eigenvalue weighted by Gasteiger charge is 2.60. The molecule has 2 aliphatic heterocycles. The second-order valence-corrected chi connectivity index (χ2v) is 10.2. The Morgan fingerprint density at radius 3 is 2.55 bits per heavy atom. The van der Waals surface area contributed by atoms with Crippen molar-refractivity contribution in [2.24, 2.45) is 5.92 Å². The molecule has 3 atom stereocenters. The number of aromatic hydroxyl groups is 1. The average Bonchev–Trinajstić information content (AvgIpc) is 3.65. The first-order valence-corrected chi connectivity index (χ1v) is 12.2. The van der Waals surface area contributed by atoms with Gasteiger partial charge in [-0.05, 0) is 87.7 Å². The molecule has 7 heteroatoms. The molecule has 3 fully saturated rings. The summed E-state index contributed by atoms with van der Waals surface area (Å²) in [4.78, 5) is 25.7. The molecule has 1 aromatic heterocycles. The van der Waals surface area contributed by atoms with Gasteiger partial charge in [0, 0.05) is 43.5 Å². The van der Waals surface area contributed by atoms with E-state index in [9.17, 15) is 15.0 Å². The van der Waals surface area contributed by atoms with Crippen molar-refractivity contribution >= 4 is 5.91 Å². The molecule has 2 N–H and O–H groups in total. The Morgan fingerprint density at radius 1 is 1.12 bits per heavy atom. The molecule has 3 unspecified atom stereocenters. The Bertz CT molecular complexity index is 1030. The average molecular weight is 451 g/mol. The van der Waals surface area contributed by atoms with Gasteiger partial charge in [-0.3, -0.25) is 9.69 Å². The number of nitrogens with zero attached hydrogens (tertiary/aromatic N) is 4. The van der Waals surface area contributed by atoms with E-state index >= 15 is 0 Å². The van der Waals surface area contributed by atoms with Crippen molar-refractivity contribution in [3.63, 3.8) is 0 Å². The van der Waals surface area contributed by atoms with Gasteiger partial charge in [0.05, 0.1) is 5.60 Å². The highest BCUT2D eigenvalue weighted by atomic mass is 16.3. The summed E-state index contributed by atoms with van der Waals surface area (Å²) in [7, 11) is 0. The predicted octanol–water partition coefficient (Wildman–Crippen LogP) is 2.90. The number of fused-ring (bicyclic) bond motifs is 1. The number of carbonyl (C=O) groups is 1. The fraction of sp³-hybridized carbons (Fsp3) is 0.577. The molecule has 1 aliphatic carbocycles. The van der Waals surface area contributed by atoms with E-state index in [1.807, 2.05) is 12.1 Å². The lowest BCUT2D eigenvalue weighted by Gasteiger charge is -2.57. The Morgan fingerprint density at radius 2 is 1.82 bits per heavy atom. The van der Waals surface area contributed by atoms with Crippen LogP contribution in [-0.2, 0) is 5.41 Å². The molecule has 3 heterocycles. The van der Waals surface area contributed by atoms with Crippen LogP contribution in [0.3, 0.4) is 0 Å². The zero-order valence-electron chi connectivity index (χ0n) is 19.6. The summed E-state index contributed by atoms with van der Waals surface area (Å²) in [6, 6.07) is 7.14. The third-order valence-electron chi connectivity index (χ3n) is 8.44. The largest absolute Gasteiger partial charge is 0.508 e. The van der Waals surface area contributed by atoms with Crippen LogP contribution >= 0.6 is 0 Å². The van der Waals surface area contributed by atoms with Gasteiger partial charge in [-0.2, -0.15) is 0 Å². The van der Waals surface area contributed by atoms with Gasteiger partial charge in [-0.15, -0.1) is 0 Å². The van der Waals surface area contributed by atoms with Crippen molar-refractivity contribution < 1.29 is 15.0 Å². The van der Waals surface area contributed by atoms with E-state index in [1.54, 1.807) is 29.4 Å². The molecular weight excluding hydrogens is 416 g/mol. The third kappa shape index (κ3) is 3.81. The Balaban J connectivity index is 1.54. The van der Waals surface area contributed by atoms with Crippen LogP contribution in [0.5, 0.6) is 5.75 Å². The van der Waals surface area contributed by atoms with Crippen LogP contribution in [0, 0.1) is 12.8 Å². The molecule has 7 nitrogen and oxygen atoms in total. The van der Waals surface area contributed by atoms with Gasteiger partial charge >= 0.3 is 0 Å². The lowest BCUT2D eigenvalue weighted by Crippen LogP contribution is -2.68. The molecule has 176 valence electrons. The highest BCUT2D eigenvalue weighted by molar-refractivity contribution is 5.90. The summed E-state index contributed by atoms with van der Waals surface area (Å²) >= 11 is 0. The number of piperidine rings is 1. The van der Waals surface area contributed by atoms with Crippen LogP contribution in [-0.4, -0.2) is 73.7 Å². The van der Waals surface area contributed by atoms with Crippen molar-refractivity contribution in [3.05, 3.63) is 53.6 Å². The first-order valence-electron chi connectivity index (χ1n) is 12.2. The molecule has 2 saturated heterocycles. The number of aryl methyl sites for hydroxylation is 1. The number of phenolic OH excluding ortho intramolecular Hbond substituents is 1. The van der Waals surface area contributed by atoms with Gasteiger partial charge in [0.25, 0.3) is 5.91 Å². The first-order chi connectivity index (χ1) is 15.8. The number of aliphatic hydroxyl groups is 1. The van der Waals surface area contributed by atoms with Gasteiger partial charge in [-0.25, -0.2) is 9.97 Å². The fourth-order valence-electron chi connectivity index (χ4n) is 6.24. The lowest BCUT2D eigenvalue weighted by atomic mass is 9.57. The van der Waals surface area contributed by atoms with E-state index in [0.29, 0.717) is 25.9 Å². The second kappa shape index (κ2) is 8.37. The minimum atomic E-state index is -1.02. The standard InChI is InChI=1S/C26H34N4O3/c1-18-4-7-21(31)16-22(18)25-8-13-29(24(32)23-27-11-3-12-28-23)15-10-26(25,33)19(2)30(14-9-25)17-20-5-6-20/h3-4,7,11-12,16,19-20,31,33H,5-6,8-10,13-15,17H2,1-2H3. The quantitative estimate of drug-likeness (QED) is 0.745. The molecule has 0 spiro atoms. The first kappa shape index (κ1) is 22.3. The lowest BCUT2D eigenvalue weighted by molar-refractivity contribution is -0.136. The van der Waals surface area contributed by atoms with E-state index in [4.69, 9.17) is 0 Å². The molecule has 33 heavy (non-hydrogen) atoms. The van der Waals surface area contributed by atoms with Crippen LogP contribution in [0.25, 0.3) is 0 Å². The number of amides is 1. The summed E-state index contributed by atoms with van der Waals surface area (Å²) in [5, 5.41) is 22.9. The zero-order valence-corrected chi connectivity index (χ0v) is 19.6. The normalized spacial score (nSPS) is 30.5.